The molecule has 2 fully saturated rings. The number of hydrogen-bond acceptors (Lipinski definition) is 1. The number of benzene rings is 1. The van der Waals surface area contributed by atoms with Crippen molar-refractivity contribution in [2.75, 3.05) is 0 Å². The number of nitrogens with one attached hydrogen (secondary N) is 1. The van der Waals surface area contributed by atoms with Crippen LogP contribution in [0.15, 0.2) is 18.2 Å². The predicted octanol–water partition coefficient (Wildman–Crippen LogP) is 3.40. The zero-order valence-electron chi connectivity index (χ0n) is 9.96. The van der Waals surface area contributed by atoms with Crippen LogP contribution in [0.5, 0.6) is 0 Å². The molecule has 1 aromatic carbocycles. The van der Waals surface area contributed by atoms with E-state index in [2.05, 4.69) is 5.32 Å². The molecule has 0 heterocycles. The maximum absolute atomic E-state index is 13.6. The van der Waals surface area contributed by atoms with Gasteiger partial charge >= 0.3 is 0 Å². The first-order valence-corrected chi connectivity index (χ1v) is 6.77. The van der Waals surface area contributed by atoms with Crippen molar-refractivity contribution in [2.45, 2.75) is 31.7 Å². The summed E-state index contributed by atoms with van der Waals surface area (Å²) in [6.45, 7) is 0. The molecule has 2 aliphatic rings. The minimum absolute atomic E-state index is 0.0853. The van der Waals surface area contributed by atoms with Crippen molar-refractivity contribution in [3.8, 4) is 0 Å². The second-order valence-corrected chi connectivity index (χ2v) is 5.82. The van der Waals surface area contributed by atoms with E-state index < -0.39 is 5.82 Å². The molecule has 2 bridgehead atoms. The summed E-state index contributed by atoms with van der Waals surface area (Å²) in [5.41, 5.74) is 0.0853. The van der Waals surface area contributed by atoms with Crippen LogP contribution in [0, 0.1) is 17.7 Å². The lowest BCUT2D eigenvalue weighted by Gasteiger charge is -2.23. The zero-order valence-corrected chi connectivity index (χ0v) is 10.7. The summed E-state index contributed by atoms with van der Waals surface area (Å²) in [5, 5.41) is 3.27. The van der Waals surface area contributed by atoms with Crippen LogP contribution >= 0.6 is 11.6 Å². The molecular weight excluding hydrogens is 253 g/mol. The molecule has 0 radical (unpaired) electrons. The number of rotatable bonds is 2. The molecule has 1 amide bonds. The third kappa shape index (κ3) is 2.12. The van der Waals surface area contributed by atoms with E-state index in [1.165, 1.54) is 31.4 Å². The second kappa shape index (κ2) is 4.54. The lowest BCUT2D eigenvalue weighted by molar-refractivity contribution is 0.0919. The summed E-state index contributed by atoms with van der Waals surface area (Å²) in [5.74, 6) is 0.481. The largest absolute Gasteiger partial charge is 0.349 e. The van der Waals surface area contributed by atoms with Gasteiger partial charge < -0.3 is 5.32 Å². The lowest BCUT2D eigenvalue weighted by Crippen LogP contribution is -2.38. The highest BCUT2D eigenvalue weighted by molar-refractivity contribution is 6.30. The summed E-state index contributed by atoms with van der Waals surface area (Å²) >= 11 is 5.67. The summed E-state index contributed by atoms with van der Waals surface area (Å²) in [4.78, 5) is 12.0. The third-order valence-corrected chi connectivity index (χ3v) is 4.47. The van der Waals surface area contributed by atoms with E-state index in [9.17, 15) is 9.18 Å². The van der Waals surface area contributed by atoms with Gasteiger partial charge in [0, 0.05) is 11.1 Å². The minimum atomic E-state index is -0.553. The predicted molar refractivity (Wildman–Crippen MR) is 68.1 cm³/mol. The van der Waals surface area contributed by atoms with Crippen molar-refractivity contribution >= 4 is 17.5 Å². The Morgan fingerprint density at radius 2 is 2.17 bits per heavy atom. The fraction of sp³-hybridized carbons (Fsp3) is 0.500. The Labute approximate surface area is 111 Å². The van der Waals surface area contributed by atoms with Crippen LogP contribution in [0.2, 0.25) is 5.02 Å². The lowest BCUT2D eigenvalue weighted by atomic mass is 9.95. The van der Waals surface area contributed by atoms with Crippen molar-refractivity contribution in [3.63, 3.8) is 0 Å². The molecule has 3 atom stereocenters. The molecule has 1 aromatic rings. The van der Waals surface area contributed by atoms with Crippen molar-refractivity contribution in [3.05, 3.63) is 34.6 Å². The Morgan fingerprint density at radius 1 is 1.33 bits per heavy atom. The van der Waals surface area contributed by atoms with Crippen LogP contribution in [0.4, 0.5) is 4.39 Å². The van der Waals surface area contributed by atoms with Gasteiger partial charge in [-0.05, 0) is 49.3 Å². The highest BCUT2D eigenvalue weighted by Gasteiger charge is 2.40. The number of halogens is 2. The number of hydrogen-bond donors (Lipinski definition) is 1. The highest BCUT2D eigenvalue weighted by atomic mass is 35.5. The second-order valence-electron chi connectivity index (χ2n) is 5.38. The van der Waals surface area contributed by atoms with Crippen LogP contribution in [0.1, 0.15) is 36.0 Å². The smallest absolute Gasteiger partial charge is 0.254 e. The van der Waals surface area contributed by atoms with Crippen LogP contribution < -0.4 is 5.32 Å². The molecule has 4 heteroatoms. The van der Waals surface area contributed by atoms with Gasteiger partial charge in [0.1, 0.15) is 5.82 Å². The Bertz CT molecular complexity index is 491. The molecule has 2 saturated carbocycles. The average molecular weight is 268 g/mol. The molecule has 2 aliphatic carbocycles. The number of carbonyl (C=O) groups excluding carboxylic acids is 1. The quantitative estimate of drug-likeness (QED) is 0.874. The SMILES string of the molecule is O=C(N[C@H]1C[C@H]2CC[C@H]1C2)c1ccc(Cl)cc1F. The number of fused-ring (bicyclic) bond motifs is 2. The van der Waals surface area contributed by atoms with Gasteiger partial charge in [0.05, 0.1) is 5.56 Å². The highest BCUT2D eigenvalue weighted by Crippen LogP contribution is 2.44. The zero-order chi connectivity index (χ0) is 12.7. The van der Waals surface area contributed by atoms with E-state index in [1.54, 1.807) is 6.07 Å². The maximum atomic E-state index is 13.6. The third-order valence-electron chi connectivity index (χ3n) is 4.23. The Hall–Kier alpha value is -1.09. The van der Waals surface area contributed by atoms with Gasteiger partial charge in [-0.2, -0.15) is 0 Å². The van der Waals surface area contributed by atoms with E-state index in [0.717, 1.165) is 12.3 Å². The van der Waals surface area contributed by atoms with Crippen molar-refractivity contribution in [1.29, 1.82) is 0 Å². The summed E-state index contributed by atoms with van der Waals surface area (Å²) in [7, 11) is 0. The fourth-order valence-corrected chi connectivity index (χ4v) is 3.50. The minimum Gasteiger partial charge on any atom is -0.349 e. The van der Waals surface area contributed by atoms with E-state index in [0.29, 0.717) is 10.9 Å². The molecule has 18 heavy (non-hydrogen) atoms. The molecule has 3 rings (SSSR count). The standard InChI is InChI=1S/C14H15ClFNO/c15-10-3-4-11(12(16)7-10)14(18)17-13-6-8-1-2-9(13)5-8/h3-4,7-9,13H,1-2,5-6H2,(H,17,18)/t8-,9-,13-/m0/s1. The molecular formula is C14H15ClFNO. The first-order valence-electron chi connectivity index (χ1n) is 6.39. The normalized spacial score (nSPS) is 29.6. The average Bonchev–Trinajstić information content (AvgIpc) is 2.90. The van der Waals surface area contributed by atoms with Gasteiger partial charge in [-0.1, -0.05) is 18.0 Å². The molecule has 0 spiro atoms. The van der Waals surface area contributed by atoms with E-state index >= 15 is 0 Å². The van der Waals surface area contributed by atoms with E-state index in [1.807, 2.05) is 0 Å². The fourth-order valence-electron chi connectivity index (χ4n) is 3.34. The maximum Gasteiger partial charge on any atom is 0.254 e. The summed E-state index contributed by atoms with van der Waals surface area (Å²) in [6, 6.07) is 4.39. The van der Waals surface area contributed by atoms with Gasteiger partial charge in [-0.25, -0.2) is 4.39 Å². The summed E-state index contributed by atoms with van der Waals surface area (Å²) in [6.07, 6.45) is 4.74. The molecule has 0 saturated heterocycles. The van der Waals surface area contributed by atoms with Gasteiger partial charge in [0.2, 0.25) is 0 Å². The Kier molecular flexibility index (Phi) is 3.02. The molecule has 1 N–H and O–H groups in total. The molecule has 96 valence electrons. The number of amides is 1. The topological polar surface area (TPSA) is 29.1 Å². The monoisotopic (exact) mass is 267 g/mol. The van der Waals surface area contributed by atoms with Crippen LogP contribution in [-0.4, -0.2) is 11.9 Å². The van der Waals surface area contributed by atoms with Crippen LogP contribution in [0.3, 0.4) is 0 Å². The molecule has 0 aromatic heterocycles. The summed E-state index contributed by atoms with van der Waals surface area (Å²) < 4.78 is 13.6. The number of carbonyl (C=O) groups is 1. The Morgan fingerprint density at radius 3 is 2.78 bits per heavy atom. The van der Waals surface area contributed by atoms with Gasteiger partial charge in [-0.3, -0.25) is 4.79 Å². The molecule has 0 unspecified atom stereocenters. The van der Waals surface area contributed by atoms with Crippen molar-refractivity contribution in [1.82, 2.24) is 5.32 Å². The first-order chi connectivity index (χ1) is 8.63. The van der Waals surface area contributed by atoms with Crippen molar-refractivity contribution in [2.24, 2.45) is 11.8 Å². The molecule has 0 aliphatic heterocycles. The van der Waals surface area contributed by atoms with Crippen molar-refractivity contribution < 1.29 is 9.18 Å². The Balaban J connectivity index is 1.71. The van der Waals surface area contributed by atoms with Gasteiger partial charge in [0.15, 0.2) is 0 Å². The first kappa shape index (κ1) is 12.0. The van der Waals surface area contributed by atoms with Crippen LogP contribution in [0.25, 0.3) is 0 Å². The van der Waals surface area contributed by atoms with Gasteiger partial charge in [0.25, 0.3) is 5.91 Å². The van der Waals surface area contributed by atoms with E-state index in [-0.39, 0.29) is 17.5 Å². The van der Waals surface area contributed by atoms with Gasteiger partial charge in [-0.15, -0.1) is 0 Å². The van der Waals surface area contributed by atoms with Crippen LogP contribution in [-0.2, 0) is 0 Å². The van der Waals surface area contributed by atoms with E-state index in [4.69, 9.17) is 11.6 Å². The molecule has 2 nitrogen and oxygen atoms in total.